The molecule has 3 atom stereocenters. The summed E-state index contributed by atoms with van der Waals surface area (Å²) in [7, 11) is 1.58. The highest BCUT2D eigenvalue weighted by molar-refractivity contribution is 8.17. The van der Waals surface area contributed by atoms with E-state index in [1.54, 1.807) is 49.3 Å². The lowest BCUT2D eigenvalue weighted by Gasteiger charge is -2.20. The van der Waals surface area contributed by atoms with E-state index < -0.39 is 11.1 Å². The van der Waals surface area contributed by atoms with E-state index in [1.807, 2.05) is 6.92 Å². The van der Waals surface area contributed by atoms with Gasteiger partial charge in [0.2, 0.25) is 5.89 Å². The van der Waals surface area contributed by atoms with Gasteiger partial charge in [-0.3, -0.25) is 19.8 Å². The van der Waals surface area contributed by atoms with Gasteiger partial charge in [0.05, 0.1) is 10.1 Å². The molecule has 3 aliphatic rings. The topological polar surface area (TPSA) is 92.2 Å². The minimum atomic E-state index is -0.634. The fourth-order valence-electron chi connectivity index (χ4n) is 3.40. The fourth-order valence-corrected chi connectivity index (χ4v) is 7.17. The van der Waals surface area contributed by atoms with E-state index in [1.165, 1.54) is 0 Å². The van der Waals surface area contributed by atoms with Gasteiger partial charge in [-0.1, -0.05) is 11.8 Å². The monoisotopic (exact) mass is 461 g/mol. The second kappa shape index (κ2) is 7.46. The lowest BCUT2D eigenvalue weighted by Crippen LogP contribution is -2.33. The number of aliphatic imine (C=N–C) groups is 3. The van der Waals surface area contributed by atoms with Crippen molar-refractivity contribution in [3.05, 3.63) is 17.3 Å². The summed E-state index contributed by atoms with van der Waals surface area (Å²) in [5.74, 6) is 5.64. The van der Waals surface area contributed by atoms with Gasteiger partial charge in [-0.15, -0.1) is 29.9 Å². The third kappa shape index (κ3) is 3.51. The Morgan fingerprint density at radius 3 is 2.20 bits per heavy atom. The number of amides is 1. The Morgan fingerprint density at radius 1 is 1.03 bits per heavy atom. The Balaban J connectivity index is 1.62. The highest BCUT2D eigenvalue weighted by Gasteiger charge is 2.48. The first kappa shape index (κ1) is 21.5. The molecule has 4 rings (SSSR count). The van der Waals surface area contributed by atoms with Crippen LogP contribution in [0.2, 0.25) is 0 Å². The van der Waals surface area contributed by atoms with Gasteiger partial charge in [0.15, 0.2) is 5.69 Å². The Labute approximate surface area is 188 Å². The van der Waals surface area contributed by atoms with Gasteiger partial charge in [-0.05, 0) is 33.6 Å². The zero-order valence-corrected chi connectivity index (χ0v) is 20.0. The van der Waals surface area contributed by atoms with Gasteiger partial charge in [-0.25, -0.2) is 4.98 Å². The number of hydrogen-bond acceptors (Lipinski definition) is 9. The van der Waals surface area contributed by atoms with Crippen molar-refractivity contribution in [3.63, 3.8) is 0 Å². The van der Waals surface area contributed by atoms with Crippen LogP contribution in [0.4, 0.5) is 0 Å². The normalized spacial score (nSPS) is 33.1. The SMILES string of the molecule is C#CC1=N[C@](C)(C2=N[C@](C)(C3=N[C@](C)(c4nc(C(=O)NC)c(C)o4)CS3)CS2)CS1. The molecule has 0 radical (unpaired) electrons. The van der Waals surface area contributed by atoms with Gasteiger partial charge < -0.3 is 9.73 Å². The van der Waals surface area contributed by atoms with Crippen LogP contribution in [-0.4, -0.2) is 61.4 Å². The van der Waals surface area contributed by atoms with Crippen LogP contribution in [0.15, 0.2) is 19.4 Å². The first-order valence-electron chi connectivity index (χ1n) is 9.48. The zero-order valence-electron chi connectivity index (χ0n) is 17.5. The third-order valence-corrected chi connectivity index (χ3v) is 9.47. The molecule has 0 aliphatic carbocycles. The molecule has 0 unspecified atom stereocenters. The highest BCUT2D eigenvalue weighted by atomic mass is 32.2. The molecule has 0 fully saturated rings. The van der Waals surface area contributed by atoms with Gasteiger partial charge in [0.1, 0.15) is 27.4 Å². The van der Waals surface area contributed by atoms with Crippen LogP contribution in [0.5, 0.6) is 0 Å². The van der Waals surface area contributed by atoms with Crippen molar-refractivity contribution in [3.8, 4) is 12.3 Å². The third-order valence-electron chi connectivity index (χ3n) is 5.26. The Hall–Kier alpha value is -1.70. The Kier molecular flexibility index (Phi) is 5.36. The molecule has 1 aromatic rings. The summed E-state index contributed by atoms with van der Waals surface area (Å²) < 4.78 is 5.84. The lowest BCUT2D eigenvalue weighted by molar-refractivity contribution is 0.0957. The number of nitrogens with zero attached hydrogens (tertiary/aromatic N) is 4. The number of thioether (sulfide) groups is 3. The molecule has 0 bridgehead atoms. The van der Waals surface area contributed by atoms with Crippen molar-refractivity contribution in [1.29, 1.82) is 0 Å². The molecule has 0 aromatic carbocycles. The van der Waals surface area contributed by atoms with Crippen LogP contribution in [0.3, 0.4) is 0 Å². The standard InChI is InChI=1S/C20H23N5O2S3/c1-7-12-23-19(4,9-28-12)16-25-20(5,10-30-16)17-24-18(3,8-29-17)15-22-13(11(2)27-15)14(26)21-6/h1H,8-10H2,2-6H3,(H,21,26)/t18-,19-,20-/m0/s1. The van der Waals surface area contributed by atoms with Crippen LogP contribution >= 0.6 is 35.3 Å². The summed E-state index contributed by atoms with van der Waals surface area (Å²) in [6.45, 7) is 7.93. The molecule has 0 saturated carbocycles. The molecule has 0 spiro atoms. The van der Waals surface area contributed by atoms with Crippen molar-refractivity contribution < 1.29 is 9.21 Å². The maximum absolute atomic E-state index is 12.0. The number of aromatic nitrogens is 1. The number of hydrogen-bond donors (Lipinski definition) is 1. The molecule has 1 amide bonds. The summed E-state index contributed by atoms with van der Waals surface area (Å²) in [6.07, 6.45) is 5.52. The van der Waals surface area contributed by atoms with E-state index in [9.17, 15) is 4.79 Å². The van der Waals surface area contributed by atoms with Crippen LogP contribution < -0.4 is 5.32 Å². The van der Waals surface area contributed by atoms with E-state index >= 15 is 0 Å². The second-order valence-corrected chi connectivity index (χ2v) is 11.0. The van der Waals surface area contributed by atoms with Crippen LogP contribution in [0, 0.1) is 19.3 Å². The molecule has 0 saturated heterocycles. The number of carbonyl (C=O) groups is 1. The quantitative estimate of drug-likeness (QED) is 0.693. The number of carbonyl (C=O) groups excluding carboxylic acids is 1. The summed E-state index contributed by atoms with van der Waals surface area (Å²) in [6, 6.07) is 0. The van der Waals surface area contributed by atoms with E-state index in [4.69, 9.17) is 25.8 Å². The number of rotatable bonds is 4. The summed E-state index contributed by atoms with van der Waals surface area (Å²) >= 11 is 5.01. The smallest absolute Gasteiger partial charge is 0.273 e. The summed E-state index contributed by atoms with van der Waals surface area (Å²) in [5.41, 5.74) is -1.12. The molecule has 1 aromatic heterocycles. The van der Waals surface area contributed by atoms with Gasteiger partial charge in [-0.2, -0.15) is 0 Å². The van der Waals surface area contributed by atoms with Crippen molar-refractivity contribution in [1.82, 2.24) is 10.3 Å². The summed E-state index contributed by atoms with van der Waals surface area (Å²) in [4.78, 5) is 31.2. The maximum atomic E-state index is 12.0. The molecule has 158 valence electrons. The van der Waals surface area contributed by atoms with Crippen LogP contribution in [0.25, 0.3) is 0 Å². The van der Waals surface area contributed by atoms with E-state index in [2.05, 4.69) is 30.1 Å². The van der Waals surface area contributed by atoms with Crippen LogP contribution in [0.1, 0.15) is 42.9 Å². The van der Waals surface area contributed by atoms with E-state index in [0.717, 1.165) is 26.6 Å². The number of oxazole rings is 1. The predicted octanol–water partition coefficient (Wildman–Crippen LogP) is 3.14. The van der Waals surface area contributed by atoms with E-state index in [-0.39, 0.29) is 11.4 Å². The molecule has 7 nitrogen and oxygen atoms in total. The number of aryl methyl sites for hydroxylation is 1. The Bertz CT molecular complexity index is 1060. The predicted molar refractivity (Wildman–Crippen MR) is 127 cm³/mol. The lowest BCUT2D eigenvalue weighted by atomic mass is 10.0. The molecular formula is C20H23N5O2S3. The first-order chi connectivity index (χ1) is 14.1. The zero-order chi connectivity index (χ0) is 21.7. The highest BCUT2D eigenvalue weighted by Crippen LogP contribution is 2.45. The first-order valence-corrected chi connectivity index (χ1v) is 12.4. The number of terminal acetylenes is 1. The largest absolute Gasteiger partial charge is 0.442 e. The Morgan fingerprint density at radius 2 is 1.60 bits per heavy atom. The van der Waals surface area contributed by atoms with Gasteiger partial charge >= 0.3 is 0 Å². The average molecular weight is 462 g/mol. The minimum absolute atomic E-state index is 0.260. The fraction of sp³-hybridized carbons (Fsp3) is 0.550. The molecule has 30 heavy (non-hydrogen) atoms. The van der Waals surface area contributed by atoms with Crippen molar-refractivity contribution in [2.75, 3.05) is 24.3 Å². The van der Waals surface area contributed by atoms with Gasteiger partial charge in [0, 0.05) is 24.3 Å². The van der Waals surface area contributed by atoms with Gasteiger partial charge in [0.25, 0.3) is 5.91 Å². The molecular weight excluding hydrogens is 438 g/mol. The molecule has 3 aliphatic heterocycles. The summed E-state index contributed by atoms with van der Waals surface area (Å²) in [5, 5.41) is 5.30. The maximum Gasteiger partial charge on any atom is 0.273 e. The number of nitrogens with one attached hydrogen (secondary N) is 1. The molecule has 10 heteroatoms. The van der Waals surface area contributed by atoms with E-state index in [0.29, 0.717) is 23.1 Å². The van der Waals surface area contributed by atoms with Crippen molar-refractivity contribution in [2.24, 2.45) is 15.0 Å². The van der Waals surface area contributed by atoms with Crippen LogP contribution in [-0.2, 0) is 5.54 Å². The molecule has 1 N–H and O–H groups in total. The molecule has 4 heterocycles. The van der Waals surface area contributed by atoms with Crippen molar-refractivity contribution in [2.45, 2.75) is 44.3 Å². The average Bonchev–Trinajstić information content (AvgIpc) is 3.48. The second-order valence-electron chi connectivity index (χ2n) is 8.09. The van der Waals surface area contributed by atoms with Crippen molar-refractivity contribution >= 4 is 56.3 Å². The minimum Gasteiger partial charge on any atom is -0.442 e.